The van der Waals surface area contributed by atoms with Crippen molar-refractivity contribution in [2.75, 3.05) is 13.1 Å². The van der Waals surface area contributed by atoms with Gasteiger partial charge in [-0.25, -0.2) is 0 Å². The molecule has 2 nitrogen and oxygen atoms in total. The number of likely N-dealkylation sites (tertiary alicyclic amines) is 1. The quantitative estimate of drug-likeness (QED) is 0.680. The monoisotopic (exact) mass is 171 g/mol. The van der Waals surface area contributed by atoms with Gasteiger partial charge in [-0.3, -0.25) is 0 Å². The highest BCUT2D eigenvalue weighted by Gasteiger charge is 2.22. The standard InChI is InChI=1S/C10H21NO/c1-8(2)9(3)11-6-4-10(12)5-7-11/h8-10,12H,4-7H2,1-3H3. The minimum atomic E-state index is -0.0411. The molecule has 0 radical (unpaired) electrons. The zero-order valence-electron chi connectivity index (χ0n) is 8.45. The van der Waals surface area contributed by atoms with Crippen molar-refractivity contribution in [2.45, 2.75) is 45.8 Å². The molecule has 0 aliphatic carbocycles. The van der Waals surface area contributed by atoms with Gasteiger partial charge in [0.05, 0.1) is 6.10 Å². The first kappa shape index (κ1) is 10.0. The van der Waals surface area contributed by atoms with E-state index < -0.39 is 0 Å². The van der Waals surface area contributed by atoms with Crippen molar-refractivity contribution >= 4 is 0 Å². The second-order valence-electron chi connectivity index (χ2n) is 4.25. The highest BCUT2D eigenvalue weighted by Crippen LogP contribution is 2.16. The van der Waals surface area contributed by atoms with Gasteiger partial charge in [-0.1, -0.05) is 13.8 Å². The van der Waals surface area contributed by atoms with Gasteiger partial charge in [0.25, 0.3) is 0 Å². The lowest BCUT2D eigenvalue weighted by Gasteiger charge is -2.36. The normalized spacial score (nSPS) is 24.8. The van der Waals surface area contributed by atoms with E-state index in [9.17, 15) is 5.11 Å². The van der Waals surface area contributed by atoms with E-state index in [-0.39, 0.29) is 6.10 Å². The molecule has 0 aromatic rings. The third kappa shape index (κ3) is 2.46. The van der Waals surface area contributed by atoms with Gasteiger partial charge >= 0.3 is 0 Å². The molecule has 1 N–H and O–H groups in total. The first-order chi connectivity index (χ1) is 5.61. The minimum Gasteiger partial charge on any atom is -0.393 e. The fraction of sp³-hybridized carbons (Fsp3) is 1.00. The molecule has 0 aromatic heterocycles. The van der Waals surface area contributed by atoms with E-state index in [4.69, 9.17) is 0 Å². The Morgan fingerprint density at radius 3 is 2.08 bits per heavy atom. The Balaban J connectivity index is 2.34. The Labute approximate surface area is 75.6 Å². The van der Waals surface area contributed by atoms with Crippen LogP contribution in [0.1, 0.15) is 33.6 Å². The van der Waals surface area contributed by atoms with Crippen molar-refractivity contribution in [3.63, 3.8) is 0 Å². The van der Waals surface area contributed by atoms with Crippen molar-refractivity contribution in [3.05, 3.63) is 0 Å². The average Bonchev–Trinajstić information content (AvgIpc) is 2.04. The van der Waals surface area contributed by atoms with Crippen LogP contribution in [0.3, 0.4) is 0 Å². The Bertz CT molecular complexity index is 128. The summed E-state index contributed by atoms with van der Waals surface area (Å²) in [6.45, 7) is 8.94. The summed E-state index contributed by atoms with van der Waals surface area (Å²) in [7, 11) is 0. The number of rotatable bonds is 2. The fourth-order valence-corrected chi connectivity index (χ4v) is 1.71. The maximum atomic E-state index is 9.32. The summed E-state index contributed by atoms with van der Waals surface area (Å²) in [6.07, 6.45) is 1.87. The van der Waals surface area contributed by atoms with Gasteiger partial charge in [-0.15, -0.1) is 0 Å². The predicted octanol–water partition coefficient (Wildman–Crippen LogP) is 1.49. The molecule has 1 aliphatic rings. The van der Waals surface area contributed by atoms with Gasteiger partial charge in [-0.05, 0) is 25.7 Å². The van der Waals surface area contributed by atoms with Crippen molar-refractivity contribution in [2.24, 2.45) is 5.92 Å². The molecule has 1 unspecified atom stereocenters. The number of hydrogen-bond acceptors (Lipinski definition) is 2. The van der Waals surface area contributed by atoms with Crippen molar-refractivity contribution in [3.8, 4) is 0 Å². The third-order valence-corrected chi connectivity index (χ3v) is 3.04. The topological polar surface area (TPSA) is 23.5 Å². The lowest BCUT2D eigenvalue weighted by Crippen LogP contribution is -2.43. The number of hydrogen-bond donors (Lipinski definition) is 1. The molecule has 1 aliphatic heterocycles. The molecule has 1 fully saturated rings. The maximum absolute atomic E-state index is 9.32. The van der Waals surface area contributed by atoms with Crippen LogP contribution in [0.15, 0.2) is 0 Å². The van der Waals surface area contributed by atoms with Crippen LogP contribution in [0, 0.1) is 5.92 Å². The van der Waals surface area contributed by atoms with Gasteiger partial charge in [-0.2, -0.15) is 0 Å². The lowest BCUT2D eigenvalue weighted by molar-refractivity contribution is 0.0536. The molecule has 1 heterocycles. The number of piperidine rings is 1. The van der Waals surface area contributed by atoms with E-state index in [1.807, 2.05) is 0 Å². The Hall–Kier alpha value is -0.0800. The van der Waals surface area contributed by atoms with E-state index in [1.165, 1.54) is 0 Å². The Morgan fingerprint density at radius 1 is 1.17 bits per heavy atom. The molecule has 0 aromatic carbocycles. The average molecular weight is 171 g/mol. The van der Waals surface area contributed by atoms with Crippen LogP contribution in [0.25, 0.3) is 0 Å². The van der Waals surface area contributed by atoms with E-state index in [2.05, 4.69) is 25.7 Å². The molecule has 12 heavy (non-hydrogen) atoms. The van der Waals surface area contributed by atoms with Gasteiger partial charge < -0.3 is 10.0 Å². The van der Waals surface area contributed by atoms with Crippen molar-refractivity contribution in [1.82, 2.24) is 4.90 Å². The zero-order chi connectivity index (χ0) is 9.14. The highest BCUT2D eigenvalue weighted by molar-refractivity contribution is 4.76. The smallest absolute Gasteiger partial charge is 0.0564 e. The van der Waals surface area contributed by atoms with Crippen LogP contribution < -0.4 is 0 Å². The van der Waals surface area contributed by atoms with E-state index in [1.54, 1.807) is 0 Å². The van der Waals surface area contributed by atoms with E-state index >= 15 is 0 Å². The number of aliphatic hydroxyl groups excluding tert-OH is 1. The third-order valence-electron chi connectivity index (χ3n) is 3.04. The summed E-state index contributed by atoms with van der Waals surface area (Å²) in [6, 6.07) is 0.664. The van der Waals surface area contributed by atoms with Gasteiger partial charge in [0.15, 0.2) is 0 Å². The Kier molecular flexibility index (Phi) is 3.53. The molecule has 1 saturated heterocycles. The van der Waals surface area contributed by atoms with E-state index in [0.29, 0.717) is 6.04 Å². The van der Waals surface area contributed by atoms with Gasteiger partial charge in [0, 0.05) is 19.1 Å². The number of aliphatic hydroxyl groups is 1. The summed E-state index contributed by atoms with van der Waals surface area (Å²) >= 11 is 0. The van der Waals surface area contributed by atoms with Crippen LogP contribution in [0.2, 0.25) is 0 Å². The lowest BCUT2D eigenvalue weighted by atomic mass is 10.00. The van der Waals surface area contributed by atoms with E-state index in [0.717, 1.165) is 31.8 Å². The first-order valence-corrected chi connectivity index (χ1v) is 5.03. The second-order valence-corrected chi connectivity index (χ2v) is 4.25. The molecule has 0 saturated carbocycles. The summed E-state index contributed by atoms with van der Waals surface area (Å²) in [4.78, 5) is 2.48. The van der Waals surface area contributed by atoms with Crippen LogP contribution >= 0.6 is 0 Å². The zero-order valence-corrected chi connectivity index (χ0v) is 8.45. The molecular formula is C10H21NO. The fourth-order valence-electron chi connectivity index (χ4n) is 1.71. The summed E-state index contributed by atoms with van der Waals surface area (Å²) in [5.74, 6) is 0.722. The summed E-state index contributed by atoms with van der Waals surface area (Å²) < 4.78 is 0. The van der Waals surface area contributed by atoms with Crippen molar-refractivity contribution in [1.29, 1.82) is 0 Å². The molecule has 0 spiro atoms. The van der Waals surface area contributed by atoms with Crippen LogP contribution in [0.4, 0.5) is 0 Å². The predicted molar refractivity (Wildman–Crippen MR) is 51.1 cm³/mol. The number of nitrogens with zero attached hydrogens (tertiary/aromatic N) is 1. The SMILES string of the molecule is CC(C)C(C)N1CCC(O)CC1. The molecule has 2 heteroatoms. The van der Waals surface area contributed by atoms with Crippen LogP contribution in [-0.4, -0.2) is 35.2 Å². The largest absolute Gasteiger partial charge is 0.393 e. The van der Waals surface area contributed by atoms with Crippen LogP contribution in [-0.2, 0) is 0 Å². The van der Waals surface area contributed by atoms with Gasteiger partial charge in [0.1, 0.15) is 0 Å². The summed E-state index contributed by atoms with van der Waals surface area (Å²) in [5, 5.41) is 9.32. The van der Waals surface area contributed by atoms with Crippen molar-refractivity contribution < 1.29 is 5.11 Å². The molecule has 1 rings (SSSR count). The molecule has 1 atom stereocenters. The maximum Gasteiger partial charge on any atom is 0.0564 e. The minimum absolute atomic E-state index is 0.0411. The Morgan fingerprint density at radius 2 is 1.67 bits per heavy atom. The van der Waals surface area contributed by atoms with Crippen LogP contribution in [0.5, 0.6) is 0 Å². The highest BCUT2D eigenvalue weighted by atomic mass is 16.3. The molecule has 0 amide bonds. The van der Waals surface area contributed by atoms with Gasteiger partial charge in [0.2, 0.25) is 0 Å². The molecular weight excluding hydrogens is 150 g/mol. The molecule has 72 valence electrons. The molecule has 0 bridgehead atoms. The summed E-state index contributed by atoms with van der Waals surface area (Å²) in [5.41, 5.74) is 0. The second kappa shape index (κ2) is 4.24. The first-order valence-electron chi connectivity index (χ1n) is 5.03.